The zero-order valence-corrected chi connectivity index (χ0v) is 11.6. The number of fused-ring (bicyclic) bond motifs is 1. The largest absolute Gasteiger partial charge is 0.481 e. The van der Waals surface area contributed by atoms with Crippen molar-refractivity contribution in [2.75, 3.05) is 0 Å². The Morgan fingerprint density at radius 1 is 1.35 bits per heavy atom. The van der Waals surface area contributed by atoms with Crippen molar-refractivity contribution in [3.05, 3.63) is 36.0 Å². The number of amides is 1. The SMILES string of the molecule is CCC(C)(CC(=O)O)NC(=O)c1ccc2cc[nH]c2c1. The normalized spacial score (nSPS) is 13.9. The van der Waals surface area contributed by atoms with Gasteiger partial charge in [-0.2, -0.15) is 0 Å². The molecule has 1 atom stereocenters. The van der Waals surface area contributed by atoms with E-state index < -0.39 is 11.5 Å². The lowest BCUT2D eigenvalue weighted by atomic mass is 9.94. The molecule has 0 aliphatic carbocycles. The highest BCUT2D eigenvalue weighted by Gasteiger charge is 2.27. The summed E-state index contributed by atoms with van der Waals surface area (Å²) >= 11 is 0. The van der Waals surface area contributed by atoms with Crippen LogP contribution in [0.25, 0.3) is 10.9 Å². The summed E-state index contributed by atoms with van der Waals surface area (Å²) in [5, 5.41) is 12.8. The molecule has 1 aromatic heterocycles. The van der Waals surface area contributed by atoms with Crippen LogP contribution in [0.4, 0.5) is 0 Å². The van der Waals surface area contributed by atoms with Crippen LogP contribution in [0, 0.1) is 0 Å². The third-order valence-electron chi connectivity index (χ3n) is 3.55. The topological polar surface area (TPSA) is 82.2 Å². The number of carbonyl (C=O) groups is 2. The molecular weight excluding hydrogens is 256 g/mol. The van der Waals surface area contributed by atoms with Crippen LogP contribution >= 0.6 is 0 Å². The molecule has 0 saturated carbocycles. The van der Waals surface area contributed by atoms with Crippen LogP contribution in [0.5, 0.6) is 0 Å². The minimum Gasteiger partial charge on any atom is -0.481 e. The van der Waals surface area contributed by atoms with Crippen LogP contribution in [-0.4, -0.2) is 27.5 Å². The number of carbonyl (C=O) groups excluding carboxylic acids is 1. The molecule has 1 heterocycles. The molecule has 0 spiro atoms. The van der Waals surface area contributed by atoms with Gasteiger partial charge in [0.25, 0.3) is 5.91 Å². The molecular formula is C15H18N2O3. The molecule has 0 bridgehead atoms. The molecule has 3 N–H and O–H groups in total. The van der Waals surface area contributed by atoms with Gasteiger partial charge in [-0.3, -0.25) is 9.59 Å². The highest BCUT2D eigenvalue weighted by Crippen LogP contribution is 2.18. The van der Waals surface area contributed by atoms with E-state index >= 15 is 0 Å². The van der Waals surface area contributed by atoms with Crippen molar-refractivity contribution < 1.29 is 14.7 Å². The lowest BCUT2D eigenvalue weighted by molar-refractivity contribution is -0.138. The summed E-state index contributed by atoms with van der Waals surface area (Å²) in [5.74, 6) is -1.18. The fraction of sp³-hybridized carbons (Fsp3) is 0.333. The molecule has 5 nitrogen and oxygen atoms in total. The number of H-pyrrole nitrogens is 1. The van der Waals surface area contributed by atoms with E-state index in [1.165, 1.54) is 0 Å². The Kier molecular flexibility index (Phi) is 3.79. The lowest BCUT2D eigenvalue weighted by Crippen LogP contribution is -2.47. The van der Waals surface area contributed by atoms with Crippen LogP contribution in [0.15, 0.2) is 30.5 Å². The first-order valence-corrected chi connectivity index (χ1v) is 6.55. The summed E-state index contributed by atoms with van der Waals surface area (Å²) in [6, 6.07) is 7.29. The number of aromatic nitrogens is 1. The number of rotatable bonds is 5. The van der Waals surface area contributed by atoms with Crippen LogP contribution in [0.3, 0.4) is 0 Å². The molecule has 2 aromatic rings. The Morgan fingerprint density at radius 2 is 2.10 bits per heavy atom. The van der Waals surface area contributed by atoms with Gasteiger partial charge in [0.05, 0.1) is 6.42 Å². The van der Waals surface area contributed by atoms with Crippen molar-refractivity contribution in [1.82, 2.24) is 10.3 Å². The van der Waals surface area contributed by atoms with E-state index in [1.54, 1.807) is 19.1 Å². The van der Waals surface area contributed by atoms with Crippen LogP contribution in [0.1, 0.15) is 37.0 Å². The van der Waals surface area contributed by atoms with Gasteiger partial charge in [-0.05, 0) is 36.9 Å². The van der Waals surface area contributed by atoms with Crippen LogP contribution in [0.2, 0.25) is 0 Å². The van der Waals surface area contributed by atoms with Crippen molar-refractivity contribution in [1.29, 1.82) is 0 Å². The highest BCUT2D eigenvalue weighted by atomic mass is 16.4. The van der Waals surface area contributed by atoms with Gasteiger partial charge in [0.15, 0.2) is 0 Å². The van der Waals surface area contributed by atoms with Crippen LogP contribution < -0.4 is 5.32 Å². The van der Waals surface area contributed by atoms with Crippen LogP contribution in [-0.2, 0) is 4.79 Å². The number of carboxylic acid groups (broad SMARTS) is 1. The maximum atomic E-state index is 12.2. The molecule has 1 aromatic carbocycles. The Morgan fingerprint density at radius 3 is 2.75 bits per heavy atom. The molecule has 5 heteroatoms. The van der Waals surface area contributed by atoms with Crippen molar-refractivity contribution in [3.63, 3.8) is 0 Å². The van der Waals surface area contributed by atoms with E-state index in [-0.39, 0.29) is 12.3 Å². The van der Waals surface area contributed by atoms with Crippen molar-refractivity contribution in [2.24, 2.45) is 0 Å². The molecule has 0 fully saturated rings. The Balaban J connectivity index is 2.19. The first kappa shape index (κ1) is 14.1. The maximum absolute atomic E-state index is 12.2. The molecule has 0 radical (unpaired) electrons. The number of carboxylic acids is 1. The van der Waals surface area contributed by atoms with E-state index in [1.807, 2.05) is 25.3 Å². The number of aromatic amines is 1. The first-order valence-electron chi connectivity index (χ1n) is 6.55. The third-order valence-corrected chi connectivity index (χ3v) is 3.55. The summed E-state index contributed by atoms with van der Waals surface area (Å²) in [7, 11) is 0. The maximum Gasteiger partial charge on any atom is 0.305 e. The summed E-state index contributed by atoms with van der Waals surface area (Å²) < 4.78 is 0. The third kappa shape index (κ3) is 2.99. The minimum absolute atomic E-state index is 0.0972. The standard InChI is InChI=1S/C15H18N2O3/c1-3-15(2,9-13(18)19)17-14(20)11-5-4-10-6-7-16-12(10)8-11/h4-8,16H,3,9H2,1-2H3,(H,17,20)(H,18,19). The number of nitrogens with one attached hydrogen (secondary N) is 2. The highest BCUT2D eigenvalue weighted by molar-refractivity contribution is 5.98. The van der Waals surface area contributed by atoms with Crippen molar-refractivity contribution in [3.8, 4) is 0 Å². The molecule has 0 saturated heterocycles. The average molecular weight is 274 g/mol. The fourth-order valence-electron chi connectivity index (χ4n) is 2.13. The Bertz CT molecular complexity index is 647. The molecule has 0 aliphatic heterocycles. The van der Waals surface area contributed by atoms with Gasteiger partial charge in [-0.15, -0.1) is 0 Å². The van der Waals surface area contributed by atoms with E-state index in [0.717, 1.165) is 10.9 Å². The van der Waals surface area contributed by atoms with Crippen molar-refractivity contribution in [2.45, 2.75) is 32.2 Å². The number of benzene rings is 1. The zero-order valence-electron chi connectivity index (χ0n) is 11.6. The second-order valence-corrected chi connectivity index (χ2v) is 5.22. The summed E-state index contributed by atoms with van der Waals surface area (Å²) in [6.07, 6.45) is 2.27. The molecule has 2 rings (SSSR count). The minimum atomic E-state index is -0.922. The zero-order chi connectivity index (χ0) is 14.8. The van der Waals surface area contributed by atoms with Gasteiger partial charge in [0.2, 0.25) is 0 Å². The quantitative estimate of drug-likeness (QED) is 0.783. The fourth-order valence-corrected chi connectivity index (χ4v) is 2.13. The van der Waals surface area contributed by atoms with Crippen molar-refractivity contribution >= 4 is 22.8 Å². The number of hydrogen-bond donors (Lipinski definition) is 3. The van der Waals surface area contributed by atoms with E-state index in [9.17, 15) is 9.59 Å². The Hall–Kier alpha value is -2.30. The number of aliphatic carboxylic acids is 1. The predicted octanol–water partition coefficient (Wildman–Crippen LogP) is 2.54. The summed E-state index contributed by atoms with van der Waals surface area (Å²) in [5.41, 5.74) is 0.659. The second kappa shape index (κ2) is 5.36. The van der Waals surface area contributed by atoms with Gasteiger partial charge < -0.3 is 15.4 Å². The summed E-state index contributed by atoms with van der Waals surface area (Å²) in [6.45, 7) is 3.60. The van der Waals surface area contributed by atoms with Gasteiger partial charge in [0.1, 0.15) is 0 Å². The molecule has 1 amide bonds. The second-order valence-electron chi connectivity index (χ2n) is 5.22. The monoisotopic (exact) mass is 274 g/mol. The first-order chi connectivity index (χ1) is 9.43. The smallest absolute Gasteiger partial charge is 0.305 e. The Labute approximate surface area is 117 Å². The average Bonchev–Trinajstić information content (AvgIpc) is 2.84. The van der Waals surface area contributed by atoms with Gasteiger partial charge in [0, 0.05) is 22.8 Å². The van der Waals surface area contributed by atoms with E-state index in [0.29, 0.717) is 12.0 Å². The molecule has 20 heavy (non-hydrogen) atoms. The molecule has 106 valence electrons. The molecule has 0 aliphatic rings. The van der Waals surface area contributed by atoms with E-state index in [2.05, 4.69) is 10.3 Å². The van der Waals surface area contributed by atoms with Gasteiger partial charge >= 0.3 is 5.97 Å². The van der Waals surface area contributed by atoms with Gasteiger partial charge in [-0.1, -0.05) is 13.0 Å². The van der Waals surface area contributed by atoms with E-state index in [4.69, 9.17) is 5.11 Å². The van der Waals surface area contributed by atoms with Gasteiger partial charge in [-0.25, -0.2) is 0 Å². The molecule has 1 unspecified atom stereocenters. The predicted molar refractivity (Wildman–Crippen MR) is 76.7 cm³/mol. The summed E-state index contributed by atoms with van der Waals surface area (Å²) in [4.78, 5) is 26.2. The number of hydrogen-bond acceptors (Lipinski definition) is 2. The lowest BCUT2D eigenvalue weighted by Gasteiger charge is -2.27.